The Hall–Kier alpha value is -2.21. The van der Waals surface area contributed by atoms with Crippen LogP contribution in [0.15, 0.2) is 30.3 Å². The van der Waals surface area contributed by atoms with Gasteiger partial charge in [-0.3, -0.25) is 9.59 Å². The van der Waals surface area contributed by atoms with E-state index in [4.69, 9.17) is 0 Å². The fourth-order valence-electron chi connectivity index (χ4n) is 6.77. The van der Waals surface area contributed by atoms with E-state index in [1.165, 1.54) is 16.9 Å². The van der Waals surface area contributed by atoms with Gasteiger partial charge in [0.05, 0.1) is 22.8 Å². The van der Waals surface area contributed by atoms with Gasteiger partial charge in [-0.2, -0.15) is 0 Å². The molecule has 3 fully saturated rings. The molecule has 1 aromatic heterocycles. The number of piperidine rings is 1. The van der Waals surface area contributed by atoms with E-state index in [1.807, 2.05) is 19.9 Å². The maximum absolute atomic E-state index is 13.9. The number of carbonyl (C=O) groups is 2. The first-order chi connectivity index (χ1) is 14.8. The molecule has 0 unspecified atom stereocenters. The lowest BCUT2D eigenvalue weighted by Crippen LogP contribution is -2.62. The number of fused-ring (bicyclic) bond motifs is 1. The molecule has 0 radical (unpaired) electrons. The molecule has 5 atom stereocenters. The lowest BCUT2D eigenvalue weighted by molar-refractivity contribution is -0.142. The summed E-state index contributed by atoms with van der Waals surface area (Å²) in [5.41, 5.74) is 2.01. The van der Waals surface area contributed by atoms with Crippen LogP contribution in [0.5, 0.6) is 0 Å². The first-order valence-electron chi connectivity index (χ1n) is 11.4. The summed E-state index contributed by atoms with van der Waals surface area (Å²) in [6, 6.07) is 10.9. The van der Waals surface area contributed by atoms with Crippen LogP contribution in [-0.4, -0.2) is 50.8 Å². The molecule has 2 aromatic rings. The fraction of sp³-hybridized carbons (Fsp3) is 0.560. The third kappa shape index (κ3) is 3.13. The van der Waals surface area contributed by atoms with Crippen molar-refractivity contribution < 1.29 is 9.59 Å². The van der Waals surface area contributed by atoms with Crippen molar-refractivity contribution in [2.75, 3.05) is 0 Å². The number of rotatable bonds is 3. The molecular formula is C25H31N3O2S. The molecule has 1 aromatic carbocycles. The third-order valence-corrected chi connectivity index (χ3v) is 9.00. The Labute approximate surface area is 188 Å². The van der Waals surface area contributed by atoms with Crippen molar-refractivity contribution in [1.82, 2.24) is 14.8 Å². The van der Waals surface area contributed by atoms with Gasteiger partial charge >= 0.3 is 0 Å². The van der Waals surface area contributed by atoms with E-state index in [1.54, 1.807) is 6.92 Å². The molecule has 2 aliphatic heterocycles. The van der Waals surface area contributed by atoms with Crippen molar-refractivity contribution in [3.8, 4) is 0 Å². The SMILES string of the molecule is CC(=O)N1[C@H](Cc2ccccc2)[C@@H]2C[C@@]3(C)[C@H](CCC[C@@H]13)N2C(=O)c1sc(C)nc1C. The average Bonchev–Trinajstić information content (AvgIpc) is 3.23. The van der Waals surface area contributed by atoms with E-state index in [0.29, 0.717) is 0 Å². The summed E-state index contributed by atoms with van der Waals surface area (Å²) in [6.45, 7) is 7.93. The summed E-state index contributed by atoms with van der Waals surface area (Å²) in [4.78, 5) is 36.5. The molecule has 2 bridgehead atoms. The van der Waals surface area contributed by atoms with Crippen molar-refractivity contribution in [1.29, 1.82) is 0 Å². The number of likely N-dealkylation sites (tertiary alicyclic amines) is 2. The molecule has 164 valence electrons. The van der Waals surface area contributed by atoms with E-state index < -0.39 is 0 Å². The van der Waals surface area contributed by atoms with Gasteiger partial charge in [-0.1, -0.05) is 37.3 Å². The van der Waals surface area contributed by atoms with Crippen LogP contribution in [0.4, 0.5) is 0 Å². The smallest absolute Gasteiger partial charge is 0.266 e. The Morgan fingerprint density at radius 1 is 1.13 bits per heavy atom. The predicted molar refractivity (Wildman–Crippen MR) is 122 cm³/mol. The summed E-state index contributed by atoms with van der Waals surface area (Å²) in [7, 11) is 0. The first kappa shape index (κ1) is 20.7. The largest absolute Gasteiger partial charge is 0.334 e. The normalized spacial score (nSPS) is 31.7. The van der Waals surface area contributed by atoms with Gasteiger partial charge in [0.25, 0.3) is 5.91 Å². The second-order valence-electron chi connectivity index (χ2n) is 9.78. The monoisotopic (exact) mass is 437 g/mol. The first-order valence-corrected chi connectivity index (χ1v) is 12.2. The highest BCUT2D eigenvalue weighted by atomic mass is 32.1. The van der Waals surface area contributed by atoms with Crippen LogP contribution in [-0.2, 0) is 11.2 Å². The fourth-order valence-corrected chi connectivity index (χ4v) is 7.64. The molecular weight excluding hydrogens is 406 g/mol. The Morgan fingerprint density at radius 3 is 2.42 bits per heavy atom. The summed E-state index contributed by atoms with van der Waals surface area (Å²) < 4.78 is 0. The molecule has 6 heteroatoms. The zero-order valence-corrected chi connectivity index (χ0v) is 19.6. The number of carbonyl (C=O) groups excluding carboxylic acids is 2. The molecule has 2 saturated heterocycles. The van der Waals surface area contributed by atoms with Gasteiger partial charge in [-0.05, 0) is 51.5 Å². The molecule has 3 aliphatic rings. The van der Waals surface area contributed by atoms with Crippen LogP contribution < -0.4 is 0 Å². The van der Waals surface area contributed by atoms with Crippen molar-refractivity contribution in [2.24, 2.45) is 5.41 Å². The van der Waals surface area contributed by atoms with Crippen molar-refractivity contribution in [3.63, 3.8) is 0 Å². The van der Waals surface area contributed by atoms with Crippen molar-refractivity contribution in [2.45, 2.75) is 84.0 Å². The molecule has 3 heterocycles. The highest BCUT2D eigenvalue weighted by Gasteiger charge is 2.64. The topological polar surface area (TPSA) is 53.5 Å². The maximum Gasteiger partial charge on any atom is 0.266 e. The zero-order chi connectivity index (χ0) is 21.9. The number of benzene rings is 1. The third-order valence-electron chi connectivity index (χ3n) is 7.94. The van der Waals surface area contributed by atoms with Crippen LogP contribution >= 0.6 is 11.3 Å². The van der Waals surface area contributed by atoms with Gasteiger partial charge in [0.2, 0.25) is 5.91 Å². The van der Waals surface area contributed by atoms with E-state index >= 15 is 0 Å². The molecule has 0 spiro atoms. The zero-order valence-electron chi connectivity index (χ0n) is 18.8. The van der Waals surface area contributed by atoms with Crippen LogP contribution in [0.25, 0.3) is 0 Å². The molecule has 0 N–H and O–H groups in total. The number of aromatic nitrogens is 1. The molecule has 5 rings (SSSR count). The molecule has 31 heavy (non-hydrogen) atoms. The minimum absolute atomic E-state index is 0.0133. The van der Waals surface area contributed by atoms with Gasteiger partial charge < -0.3 is 9.80 Å². The van der Waals surface area contributed by atoms with E-state index in [-0.39, 0.29) is 41.4 Å². The number of nitrogens with zero attached hydrogens (tertiary/aromatic N) is 3. The molecule has 5 nitrogen and oxygen atoms in total. The van der Waals surface area contributed by atoms with Gasteiger partial charge in [-0.25, -0.2) is 4.98 Å². The number of hydrogen-bond donors (Lipinski definition) is 0. The van der Waals surface area contributed by atoms with E-state index in [9.17, 15) is 9.59 Å². The standard InChI is InChI=1S/C25H31N3O2S/c1-15-23(31-16(2)26-15)24(30)28-20-14-25(4)21(11-8-12-22(25)28)27(17(3)29)19(20)13-18-9-6-5-7-10-18/h5-7,9-10,19-22H,8,11-14H2,1-4H3/t19-,20+,21-,22+,25-/m1/s1. The lowest BCUT2D eigenvalue weighted by Gasteiger charge is -2.52. The van der Waals surface area contributed by atoms with Crippen molar-refractivity contribution >= 4 is 23.2 Å². The lowest BCUT2D eigenvalue weighted by atomic mass is 9.64. The van der Waals surface area contributed by atoms with E-state index in [2.05, 4.69) is 46.0 Å². The molecule has 1 aliphatic carbocycles. The summed E-state index contributed by atoms with van der Waals surface area (Å²) in [6.07, 6.45) is 4.88. The number of hydrogen-bond acceptors (Lipinski definition) is 4. The number of aryl methyl sites for hydroxylation is 2. The highest BCUT2D eigenvalue weighted by Crippen LogP contribution is 2.57. The number of thiazole rings is 1. The Kier molecular flexibility index (Phi) is 4.96. The Bertz CT molecular complexity index is 1020. The second kappa shape index (κ2) is 7.44. The van der Waals surface area contributed by atoms with Crippen LogP contribution in [0.2, 0.25) is 0 Å². The highest BCUT2D eigenvalue weighted by molar-refractivity contribution is 7.13. The van der Waals surface area contributed by atoms with Gasteiger partial charge in [-0.15, -0.1) is 11.3 Å². The van der Waals surface area contributed by atoms with Gasteiger partial charge in [0.1, 0.15) is 4.88 Å². The van der Waals surface area contributed by atoms with E-state index in [0.717, 1.165) is 47.7 Å². The Morgan fingerprint density at radius 2 is 1.81 bits per heavy atom. The minimum Gasteiger partial charge on any atom is -0.334 e. The van der Waals surface area contributed by atoms with Crippen LogP contribution in [0.1, 0.15) is 65.5 Å². The average molecular weight is 438 g/mol. The number of amides is 2. The Balaban J connectivity index is 1.60. The van der Waals surface area contributed by atoms with Gasteiger partial charge in [0, 0.05) is 24.4 Å². The molecule has 1 saturated carbocycles. The quantitative estimate of drug-likeness (QED) is 0.716. The van der Waals surface area contributed by atoms with Crippen LogP contribution in [0.3, 0.4) is 0 Å². The van der Waals surface area contributed by atoms with Gasteiger partial charge in [0.15, 0.2) is 0 Å². The summed E-state index contributed by atoms with van der Waals surface area (Å²) >= 11 is 1.50. The predicted octanol–water partition coefficient (Wildman–Crippen LogP) is 4.38. The van der Waals surface area contributed by atoms with Crippen molar-refractivity contribution in [3.05, 3.63) is 51.5 Å². The minimum atomic E-state index is -0.0366. The second-order valence-corrected chi connectivity index (χ2v) is 11.0. The summed E-state index contributed by atoms with van der Waals surface area (Å²) in [5, 5.41) is 0.932. The summed E-state index contributed by atoms with van der Waals surface area (Å²) in [5.74, 6) is 0.257. The molecule has 2 amide bonds. The van der Waals surface area contributed by atoms with Crippen LogP contribution in [0, 0.1) is 19.3 Å². The maximum atomic E-state index is 13.9.